The van der Waals surface area contributed by atoms with Gasteiger partial charge in [0.2, 0.25) is 0 Å². The number of nitrogens with zero attached hydrogens (tertiary/aromatic N) is 2. The highest BCUT2D eigenvalue weighted by atomic mass is 16.4. The second-order valence-electron chi connectivity index (χ2n) is 3.53. The lowest BCUT2D eigenvalue weighted by atomic mass is 10.1. The van der Waals surface area contributed by atoms with Crippen LogP contribution in [-0.4, -0.2) is 23.3 Å². The fraction of sp³-hybridized carbons (Fsp3) is 0.167. The van der Waals surface area contributed by atoms with Crippen molar-refractivity contribution in [1.82, 2.24) is 0 Å². The van der Waals surface area contributed by atoms with Crippen LogP contribution >= 0.6 is 0 Å². The summed E-state index contributed by atoms with van der Waals surface area (Å²) >= 11 is 0. The van der Waals surface area contributed by atoms with E-state index < -0.39 is 5.97 Å². The summed E-state index contributed by atoms with van der Waals surface area (Å²) < 4.78 is 0. The summed E-state index contributed by atoms with van der Waals surface area (Å²) in [6.07, 6.45) is 1.68. The van der Waals surface area contributed by atoms with Crippen LogP contribution in [0.3, 0.4) is 0 Å². The van der Waals surface area contributed by atoms with E-state index in [4.69, 9.17) is 5.11 Å². The molecule has 2 rings (SSSR count). The fourth-order valence-corrected chi connectivity index (χ4v) is 1.61. The predicted molar refractivity (Wildman–Crippen MR) is 62.6 cm³/mol. The zero-order valence-electron chi connectivity index (χ0n) is 8.92. The second-order valence-corrected chi connectivity index (χ2v) is 3.53. The van der Waals surface area contributed by atoms with E-state index >= 15 is 0 Å². The molecule has 0 aromatic heterocycles. The van der Waals surface area contributed by atoms with E-state index in [1.807, 2.05) is 30.3 Å². The number of benzene rings is 1. The highest BCUT2D eigenvalue weighted by Crippen LogP contribution is 2.18. The molecule has 1 aromatic carbocycles. The van der Waals surface area contributed by atoms with Gasteiger partial charge in [-0.3, -0.25) is 5.01 Å². The van der Waals surface area contributed by atoms with Crippen LogP contribution in [0.15, 0.2) is 47.1 Å². The Bertz CT molecular complexity index is 463. The molecule has 16 heavy (non-hydrogen) atoms. The number of rotatable bonds is 2. The van der Waals surface area contributed by atoms with Gasteiger partial charge in [0.05, 0.1) is 23.5 Å². The van der Waals surface area contributed by atoms with Gasteiger partial charge < -0.3 is 5.11 Å². The maximum Gasteiger partial charge on any atom is 0.337 e. The molecule has 0 amide bonds. The molecule has 0 bridgehead atoms. The number of aliphatic carboxylic acids is 1. The number of anilines is 1. The van der Waals surface area contributed by atoms with E-state index in [9.17, 15) is 4.79 Å². The molecule has 0 atom stereocenters. The highest BCUT2D eigenvalue weighted by molar-refractivity contribution is 6.18. The second kappa shape index (κ2) is 4.18. The third kappa shape index (κ3) is 1.95. The van der Waals surface area contributed by atoms with Gasteiger partial charge in [-0.2, -0.15) is 5.10 Å². The van der Waals surface area contributed by atoms with E-state index in [0.29, 0.717) is 12.3 Å². The maximum absolute atomic E-state index is 10.8. The largest absolute Gasteiger partial charge is 0.478 e. The number of hydrogen-bond acceptors (Lipinski definition) is 3. The van der Waals surface area contributed by atoms with E-state index in [-0.39, 0.29) is 5.57 Å². The van der Waals surface area contributed by atoms with E-state index in [0.717, 1.165) is 5.69 Å². The Morgan fingerprint density at radius 2 is 2.06 bits per heavy atom. The molecule has 1 N–H and O–H groups in total. The van der Waals surface area contributed by atoms with Crippen molar-refractivity contribution in [2.45, 2.75) is 6.92 Å². The van der Waals surface area contributed by atoms with Crippen LogP contribution in [0, 0.1) is 0 Å². The molecular formula is C12H12N2O2. The molecule has 82 valence electrons. The molecule has 4 nitrogen and oxygen atoms in total. The first-order valence-corrected chi connectivity index (χ1v) is 5.00. The Balaban J connectivity index is 2.24. The lowest BCUT2D eigenvalue weighted by Crippen LogP contribution is -2.26. The average molecular weight is 216 g/mol. The number of carboxylic acids is 1. The predicted octanol–water partition coefficient (Wildman–Crippen LogP) is 1.89. The van der Waals surface area contributed by atoms with Crippen molar-refractivity contribution in [1.29, 1.82) is 0 Å². The van der Waals surface area contributed by atoms with Crippen molar-refractivity contribution >= 4 is 17.4 Å². The summed E-state index contributed by atoms with van der Waals surface area (Å²) in [7, 11) is 0. The average Bonchev–Trinajstić information content (AvgIpc) is 2.29. The monoisotopic (exact) mass is 216 g/mol. The summed E-state index contributed by atoms with van der Waals surface area (Å²) in [6.45, 7) is 2.19. The molecule has 0 saturated carbocycles. The number of para-hydroxylation sites is 1. The zero-order valence-corrected chi connectivity index (χ0v) is 8.92. The minimum Gasteiger partial charge on any atom is -0.478 e. The summed E-state index contributed by atoms with van der Waals surface area (Å²) in [6, 6.07) is 9.67. The molecule has 0 aliphatic carbocycles. The summed E-state index contributed by atoms with van der Waals surface area (Å²) in [5.74, 6) is -0.922. The third-order valence-electron chi connectivity index (χ3n) is 2.41. The standard InChI is InChI=1S/C12H12N2O2/c1-9-11(12(15)16)7-8-14(13-9)10-5-3-2-4-6-10/h2-7H,8H2,1H3,(H,15,16). The van der Waals surface area contributed by atoms with Gasteiger partial charge in [0.15, 0.2) is 0 Å². The van der Waals surface area contributed by atoms with Crippen LogP contribution in [0.2, 0.25) is 0 Å². The molecular weight excluding hydrogens is 204 g/mol. The van der Waals surface area contributed by atoms with Crippen LogP contribution in [0.1, 0.15) is 6.92 Å². The lowest BCUT2D eigenvalue weighted by molar-refractivity contribution is -0.132. The van der Waals surface area contributed by atoms with Gasteiger partial charge in [-0.1, -0.05) is 18.2 Å². The summed E-state index contributed by atoms with van der Waals surface area (Å²) in [5.41, 5.74) is 1.78. The molecule has 1 aliphatic rings. The molecule has 0 radical (unpaired) electrons. The molecule has 0 fully saturated rings. The van der Waals surface area contributed by atoms with Gasteiger partial charge in [-0.15, -0.1) is 0 Å². The lowest BCUT2D eigenvalue weighted by Gasteiger charge is -2.22. The van der Waals surface area contributed by atoms with Crippen LogP contribution in [0.25, 0.3) is 0 Å². The number of hydrogen-bond donors (Lipinski definition) is 1. The van der Waals surface area contributed by atoms with Crippen LogP contribution < -0.4 is 5.01 Å². The molecule has 1 heterocycles. The first kappa shape index (κ1) is 10.4. The Hall–Kier alpha value is -2.10. The third-order valence-corrected chi connectivity index (χ3v) is 2.41. The Kier molecular flexibility index (Phi) is 2.72. The number of carboxylic acid groups (broad SMARTS) is 1. The van der Waals surface area contributed by atoms with Crippen LogP contribution in [0.5, 0.6) is 0 Å². The first-order valence-electron chi connectivity index (χ1n) is 5.00. The van der Waals surface area contributed by atoms with Crippen molar-refractivity contribution < 1.29 is 9.90 Å². The van der Waals surface area contributed by atoms with Gasteiger partial charge in [-0.05, 0) is 25.1 Å². The molecule has 4 heteroatoms. The smallest absolute Gasteiger partial charge is 0.337 e. The van der Waals surface area contributed by atoms with Gasteiger partial charge in [0.25, 0.3) is 0 Å². The first-order chi connectivity index (χ1) is 7.68. The van der Waals surface area contributed by atoms with Crippen LogP contribution in [0.4, 0.5) is 5.69 Å². The molecule has 0 unspecified atom stereocenters. The molecule has 1 aliphatic heterocycles. The Morgan fingerprint density at radius 1 is 1.38 bits per heavy atom. The van der Waals surface area contributed by atoms with Crippen LogP contribution in [-0.2, 0) is 4.79 Å². The van der Waals surface area contributed by atoms with Crippen molar-refractivity contribution in [2.24, 2.45) is 5.10 Å². The molecule has 1 aromatic rings. The highest BCUT2D eigenvalue weighted by Gasteiger charge is 2.17. The zero-order chi connectivity index (χ0) is 11.5. The Labute approximate surface area is 93.5 Å². The maximum atomic E-state index is 10.8. The summed E-state index contributed by atoms with van der Waals surface area (Å²) in [5, 5.41) is 14.9. The minimum atomic E-state index is -0.922. The van der Waals surface area contributed by atoms with Crippen molar-refractivity contribution in [3.05, 3.63) is 42.0 Å². The SMILES string of the molecule is CC1=NN(c2ccccc2)CC=C1C(=O)O. The quantitative estimate of drug-likeness (QED) is 0.821. The van der Waals surface area contributed by atoms with Crippen molar-refractivity contribution in [3.63, 3.8) is 0 Å². The van der Waals surface area contributed by atoms with Gasteiger partial charge in [0.1, 0.15) is 0 Å². The minimum absolute atomic E-state index is 0.284. The Morgan fingerprint density at radius 3 is 2.62 bits per heavy atom. The van der Waals surface area contributed by atoms with E-state index in [1.54, 1.807) is 18.0 Å². The molecule has 0 saturated heterocycles. The molecule has 0 spiro atoms. The van der Waals surface area contributed by atoms with Gasteiger partial charge >= 0.3 is 5.97 Å². The van der Waals surface area contributed by atoms with Crippen molar-refractivity contribution in [3.8, 4) is 0 Å². The van der Waals surface area contributed by atoms with E-state index in [2.05, 4.69) is 5.10 Å². The van der Waals surface area contributed by atoms with E-state index in [1.165, 1.54) is 0 Å². The number of hydrazone groups is 1. The van der Waals surface area contributed by atoms with Gasteiger partial charge in [0, 0.05) is 0 Å². The normalized spacial score (nSPS) is 15.4. The van der Waals surface area contributed by atoms with Gasteiger partial charge in [-0.25, -0.2) is 4.79 Å². The fourth-order valence-electron chi connectivity index (χ4n) is 1.61. The summed E-state index contributed by atoms with van der Waals surface area (Å²) in [4.78, 5) is 10.8. The topological polar surface area (TPSA) is 52.9 Å². The van der Waals surface area contributed by atoms with Crippen molar-refractivity contribution in [2.75, 3.05) is 11.6 Å². The number of carbonyl (C=O) groups is 1.